The van der Waals surface area contributed by atoms with Crippen molar-refractivity contribution in [2.45, 2.75) is 42.4 Å². The van der Waals surface area contributed by atoms with E-state index in [1.165, 1.54) is 0 Å². The third-order valence-electron chi connectivity index (χ3n) is 3.70. The van der Waals surface area contributed by atoms with Gasteiger partial charge in [0.25, 0.3) is 0 Å². The predicted molar refractivity (Wildman–Crippen MR) is 91.6 cm³/mol. The molecule has 2 aliphatic rings. The fourth-order valence-electron chi connectivity index (χ4n) is 2.75. The summed E-state index contributed by atoms with van der Waals surface area (Å²) in [5.41, 5.74) is -0.836. The van der Waals surface area contributed by atoms with Gasteiger partial charge in [-0.3, -0.25) is 9.59 Å². The number of carbonyl (C=O) groups is 3. The number of hydrogen-bond donors (Lipinski definition) is 2. The SMILES string of the molecule is [2H]c1c([2H])c([2H])c(C([2H])([2H])C(=O)N[C@@H]2C(=O)N3[C@@H]2SC(C)(C)[C@@H]3C(=O)O)c([2H])c1[2H].[K]. The first-order chi connectivity index (χ1) is 13.6. The Labute approximate surface area is 197 Å². The maximum atomic E-state index is 12.7. The van der Waals surface area contributed by atoms with Gasteiger partial charge in [-0.1, -0.05) is 30.2 Å². The van der Waals surface area contributed by atoms with Crippen molar-refractivity contribution in [2.75, 3.05) is 0 Å². The number of fused-ring (bicyclic) bond motifs is 1. The molecule has 0 bridgehead atoms. The zero-order valence-corrected chi connectivity index (χ0v) is 17.2. The molecule has 2 amide bonds. The van der Waals surface area contributed by atoms with Gasteiger partial charge in [0, 0.05) is 58.9 Å². The number of nitrogens with zero attached hydrogens (tertiary/aromatic N) is 1. The van der Waals surface area contributed by atoms with Crippen molar-refractivity contribution in [1.82, 2.24) is 10.2 Å². The Morgan fingerprint density at radius 3 is 2.62 bits per heavy atom. The largest absolute Gasteiger partial charge is 0.480 e. The molecule has 3 atom stereocenters. The normalized spacial score (nSPS) is 31.6. The number of benzene rings is 1. The molecular formula is C16H18KN2O4S. The van der Waals surface area contributed by atoms with Gasteiger partial charge in [-0.05, 0) is 19.4 Å². The third kappa shape index (κ3) is 3.59. The molecule has 1 radical (unpaired) electrons. The van der Waals surface area contributed by atoms with Crippen LogP contribution in [-0.4, -0.2) is 101 Å². The minimum atomic E-state index is -3.03. The maximum Gasteiger partial charge on any atom is 0.327 e. The van der Waals surface area contributed by atoms with Crippen LogP contribution in [0.3, 0.4) is 0 Å². The summed E-state index contributed by atoms with van der Waals surface area (Å²) in [4.78, 5) is 37.8. The summed E-state index contributed by atoms with van der Waals surface area (Å²) in [6.07, 6.45) is -3.03. The van der Waals surface area contributed by atoms with E-state index in [9.17, 15) is 19.5 Å². The van der Waals surface area contributed by atoms with E-state index < -0.39 is 82.1 Å². The van der Waals surface area contributed by atoms with Crippen LogP contribution in [0, 0.1) is 0 Å². The standard InChI is InChI=1S/C16H18N2O4S.K/c1-16(2)12(15(21)22)18-13(20)11(14(18)23-16)17-10(19)8-9-6-4-3-5-7-9;/h3-7,11-12,14H,8H2,1-2H3,(H,17,19)(H,21,22);/t11-,12+,14-;/m1./s1/i3D,4D,5D,6D,7D,8D2;. The number of thioether (sulfide) groups is 1. The van der Waals surface area contributed by atoms with E-state index in [0.29, 0.717) is 0 Å². The molecule has 8 heteroatoms. The van der Waals surface area contributed by atoms with Gasteiger partial charge >= 0.3 is 5.97 Å². The molecule has 0 unspecified atom stereocenters. The number of aliphatic carboxylic acids is 1. The van der Waals surface area contributed by atoms with E-state index >= 15 is 0 Å². The van der Waals surface area contributed by atoms with E-state index in [4.69, 9.17) is 9.60 Å². The molecule has 2 N–H and O–H groups in total. The Kier molecular flexibility index (Phi) is 3.76. The van der Waals surface area contributed by atoms with Crippen molar-refractivity contribution in [3.8, 4) is 0 Å². The number of amides is 2. The zero-order chi connectivity index (χ0) is 22.9. The average Bonchev–Trinajstić information content (AvgIpc) is 2.90. The molecule has 0 spiro atoms. The first-order valence-corrected chi connectivity index (χ1v) is 7.63. The zero-order valence-electron chi connectivity index (χ0n) is 20.3. The van der Waals surface area contributed by atoms with Gasteiger partial charge in [-0.25, -0.2) is 4.79 Å². The second-order valence-corrected chi connectivity index (χ2v) is 7.45. The molecule has 24 heavy (non-hydrogen) atoms. The molecule has 3 rings (SSSR count). The number of nitrogens with one attached hydrogen (secondary N) is 1. The molecule has 0 aliphatic carbocycles. The number of hydrogen-bond acceptors (Lipinski definition) is 4. The first-order valence-electron chi connectivity index (χ1n) is 10.3. The summed E-state index contributed by atoms with van der Waals surface area (Å²) in [6, 6.07) is -6.30. The van der Waals surface area contributed by atoms with Gasteiger partial charge in [-0.15, -0.1) is 11.8 Å². The number of carboxylic acids is 1. The van der Waals surface area contributed by atoms with Crippen LogP contribution in [0.25, 0.3) is 0 Å². The number of carboxylic acid groups (broad SMARTS) is 1. The topological polar surface area (TPSA) is 86.7 Å². The van der Waals surface area contributed by atoms with Gasteiger partial charge in [0.15, 0.2) is 0 Å². The first kappa shape index (κ1) is 12.1. The van der Waals surface area contributed by atoms with Crippen molar-refractivity contribution in [2.24, 2.45) is 0 Å². The summed E-state index contributed by atoms with van der Waals surface area (Å²) >= 11 is 1.16. The summed E-state index contributed by atoms with van der Waals surface area (Å²) in [7, 11) is 0. The molecule has 1 aromatic rings. The van der Waals surface area contributed by atoms with E-state index in [1.54, 1.807) is 13.8 Å². The molecule has 2 saturated heterocycles. The molecule has 2 heterocycles. The number of β-lactam (4-membered cyclic amide) rings is 1. The van der Waals surface area contributed by atoms with Gasteiger partial charge in [-0.2, -0.15) is 0 Å². The summed E-state index contributed by atoms with van der Waals surface area (Å²) in [5.74, 6) is -3.23. The van der Waals surface area contributed by atoms with Gasteiger partial charge in [0.1, 0.15) is 17.5 Å². The Balaban J connectivity index is 0.00000341. The van der Waals surface area contributed by atoms with Crippen molar-refractivity contribution in [3.05, 3.63) is 35.8 Å². The fraction of sp³-hybridized carbons (Fsp3) is 0.438. The quantitative estimate of drug-likeness (QED) is 0.586. The van der Waals surface area contributed by atoms with Crippen molar-refractivity contribution < 1.29 is 29.1 Å². The van der Waals surface area contributed by atoms with Crippen LogP contribution >= 0.6 is 11.8 Å². The van der Waals surface area contributed by atoms with Crippen LogP contribution in [0.4, 0.5) is 0 Å². The molecular weight excluding hydrogens is 355 g/mol. The van der Waals surface area contributed by atoms with Crippen LogP contribution in [-0.2, 0) is 20.8 Å². The van der Waals surface area contributed by atoms with Crippen molar-refractivity contribution >= 4 is 80.9 Å². The average molecular weight is 381 g/mol. The van der Waals surface area contributed by atoms with Gasteiger partial charge in [0.05, 0.1) is 13.2 Å². The van der Waals surface area contributed by atoms with Crippen LogP contribution in [0.2, 0.25) is 0 Å². The van der Waals surface area contributed by atoms with Gasteiger partial charge < -0.3 is 15.3 Å². The van der Waals surface area contributed by atoms with Crippen molar-refractivity contribution in [1.29, 1.82) is 0 Å². The summed E-state index contributed by atoms with van der Waals surface area (Å²) in [6.45, 7) is 3.29. The molecule has 6 nitrogen and oxygen atoms in total. The van der Waals surface area contributed by atoms with Crippen molar-refractivity contribution in [3.63, 3.8) is 0 Å². The van der Waals surface area contributed by atoms with Crippen LogP contribution < -0.4 is 5.32 Å². The number of carbonyl (C=O) groups excluding carboxylic acids is 2. The fourth-order valence-corrected chi connectivity index (χ4v) is 4.37. The Morgan fingerprint density at radius 1 is 1.42 bits per heavy atom. The second-order valence-electron chi connectivity index (χ2n) is 5.67. The van der Waals surface area contributed by atoms with Gasteiger partial charge in [0.2, 0.25) is 11.8 Å². The molecule has 1 aromatic carbocycles. The van der Waals surface area contributed by atoms with Crippen LogP contribution in [0.5, 0.6) is 0 Å². The monoisotopic (exact) mass is 380 g/mol. The predicted octanol–water partition coefficient (Wildman–Crippen LogP) is 0.480. The molecule has 123 valence electrons. The second kappa shape index (κ2) is 7.47. The Bertz CT molecular complexity index is 964. The molecule has 2 aliphatic heterocycles. The van der Waals surface area contributed by atoms with E-state index in [-0.39, 0.29) is 51.4 Å². The minimum absolute atomic E-state index is 0. The molecule has 0 aromatic heterocycles. The third-order valence-corrected chi connectivity index (χ3v) is 5.27. The summed E-state index contributed by atoms with van der Waals surface area (Å²) in [5, 5.41) is 10.9. The van der Waals surface area contributed by atoms with Crippen LogP contribution in [0.15, 0.2) is 30.2 Å². The van der Waals surface area contributed by atoms with Crippen LogP contribution in [0.1, 0.15) is 29.0 Å². The Hall–Kier alpha value is -0.384. The van der Waals surface area contributed by atoms with E-state index in [1.807, 2.05) is 0 Å². The summed E-state index contributed by atoms with van der Waals surface area (Å²) < 4.78 is 54.0. The molecule has 2 fully saturated rings. The minimum Gasteiger partial charge on any atom is -0.480 e. The molecule has 0 saturated carbocycles. The van der Waals surface area contributed by atoms with E-state index in [2.05, 4.69) is 5.32 Å². The Morgan fingerprint density at radius 2 is 2.04 bits per heavy atom. The maximum absolute atomic E-state index is 12.7. The smallest absolute Gasteiger partial charge is 0.327 e. The van der Waals surface area contributed by atoms with E-state index in [0.717, 1.165) is 16.7 Å². The number of rotatable bonds is 4.